The predicted octanol–water partition coefficient (Wildman–Crippen LogP) is 2.76. The topological polar surface area (TPSA) is 174 Å². The van der Waals surface area contributed by atoms with Gasteiger partial charge in [-0.15, -0.1) is 16.6 Å². The first kappa shape index (κ1) is 35.2. The molecule has 0 bridgehead atoms. The van der Waals surface area contributed by atoms with Gasteiger partial charge in [-0.3, -0.25) is 19.0 Å². The van der Waals surface area contributed by atoms with Crippen LogP contribution in [0.2, 0.25) is 0 Å². The molecule has 0 radical (unpaired) electrons. The van der Waals surface area contributed by atoms with E-state index in [4.69, 9.17) is 15.9 Å². The number of ether oxygens (including phenoxy) is 2. The molecule has 2 heterocycles. The quantitative estimate of drug-likeness (QED) is 0.169. The molecule has 1 atom stereocenters. The molecule has 0 saturated carbocycles. The van der Waals surface area contributed by atoms with Crippen LogP contribution >= 0.6 is 0 Å². The zero-order valence-corrected chi connectivity index (χ0v) is 27.6. The summed E-state index contributed by atoms with van der Waals surface area (Å²) in [6.07, 6.45) is 5.97. The number of benzene rings is 2. The van der Waals surface area contributed by atoms with Crippen molar-refractivity contribution < 1.29 is 28.2 Å². The molecular formula is C33H37FN8O6. The van der Waals surface area contributed by atoms with E-state index in [1.54, 1.807) is 50.8 Å². The Morgan fingerprint density at radius 2 is 1.94 bits per heavy atom. The standard InChI is InChI=1S/C33H37FN8O6/c1-8-13-41(17-21-15-24-27(14-19(21)2)35-20(3)42(30(24)44)18-48-32(46)33(4,5)6)22-9-10-23(25(34)16-22)29(43)36-26(31(45)47-7)11-12-28-37-39-40-38-28/h1,9-10,14-16,26H,11-13,17-18H2,2-7H3,(H,36,43)(H,37,38,39,40)/t26-/m0/s1. The number of nitrogens with one attached hydrogen (secondary N) is 2. The van der Waals surface area contributed by atoms with Gasteiger partial charge in [-0.25, -0.2) is 14.2 Å². The van der Waals surface area contributed by atoms with E-state index in [0.29, 0.717) is 28.2 Å². The van der Waals surface area contributed by atoms with Crippen LogP contribution in [0.4, 0.5) is 10.1 Å². The summed E-state index contributed by atoms with van der Waals surface area (Å²) in [7, 11) is 1.18. The van der Waals surface area contributed by atoms with E-state index in [1.807, 2.05) is 6.92 Å². The smallest absolute Gasteiger partial charge is 0.328 e. The van der Waals surface area contributed by atoms with Crippen molar-refractivity contribution in [2.24, 2.45) is 5.41 Å². The number of aryl methyl sites for hydroxylation is 3. The highest BCUT2D eigenvalue weighted by Gasteiger charge is 2.26. The zero-order valence-electron chi connectivity index (χ0n) is 27.6. The second-order valence-electron chi connectivity index (χ2n) is 12.1. The molecule has 2 aromatic heterocycles. The lowest BCUT2D eigenvalue weighted by Gasteiger charge is -2.24. The minimum Gasteiger partial charge on any atom is -0.467 e. The van der Waals surface area contributed by atoms with E-state index in [-0.39, 0.29) is 43.8 Å². The Balaban J connectivity index is 1.57. The summed E-state index contributed by atoms with van der Waals surface area (Å²) in [6.45, 7) is 8.68. The molecule has 4 rings (SSSR count). The van der Waals surface area contributed by atoms with Gasteiger partial charge in [0.15, 0.2) is 12.6 Å². The van der Waals surface area contributed by atoms with E-state index in [2.05, 4.69) is 36.8 Å². The molecule has 48 heavy (non-hydrogen) atoms. The Morgan fingerprint density at radius 1 is 1.19 bits per heavy atom. The van der Waals surface area contributed by atoms with Gasteiger partial charge in [-0.1, -0.05) is 11.1 Å². The second-order valence-corrected chi connectivity index (χ2v) is 12.1. The molecule has 0 aliphatic heterocycles. The van der Waals surface area contributed by atoms with E-state index in [0.717, 1.165) is 11.1 Å². The summed E-state index contributed by atoms with van der Waals surface area (Å²) in [6, 6.07) is 6.42. The van der Waals surface area contributed by atoms with Gasteiger partial charge in [0.2, 0.25) is 0 Å². The number of carbonyl (C=O) groups excluding carboxylic acids is 3. The summed E-state index contributed by atoms with van der Waals surface area (Å²) in [5.74, 6) is 0.473. The molecule has 0 unspecified atom stereocenters. The highest BCUT2D eigenvalue weighted by atomic mass is 19.1. The van der Waals surface area contributed by atoms with Crippen molar-refractivity contribution in [2.75, 3.05) is 18.6 Å². The number of tetrazole rings is 1. The van der Waals surface area contributed by atoms with E-state index in [9.17, 15) is 19.2 Å². The maximum atomic E-state index is 15.4. The summed E-state index contributed by atoms with van der Waals surface area (Å²) < 4.78 is 26.9. The van der Waals surface area contributed by atoms with Crippen LogP contribution in [-0.4, -0.2) is 67.7 Å². The molecule has 0 aliphatic rings. The first-order chi connectivity index (χ1) is 22.7. The third kappa shape index (κ3) is 8.19. The number of methoxy groups -OCH3 is 1. The maximum Gasteiger partial charge on any atom is 0.328 e. The Kier molecular flexibility index (Phi) is 10.9. The van der Waals surface area contributed by atoms with Gasteiger partial charge in [0, 0.05) is 18.7 Å². The minimum absolute atomic E-state index is 0.0854. The lowest BCUT2D eigenvalue weighted by molar-refractivity contribution is -0.157. The van der Waals surface area contributed by atoms with Gasteiger partial charge in [0.25, 0.3) is 11.5 Å². The molecular weight excluding hydrogens is 623 g/mol. The van der Waals surface area contributed by atoms with Gasteiger partial charge >= 0.3 is 11.9 Å². The first-order valence-corrected chi connectivity index (χ1v) is 15.0. The van der Waals surface area contributed by atoms with E-state index < -0.39 is 35.1 Å². The summed E-state index contributed by atoms with van der Waals surface area (Å²) in [5, 5.41) is 16.2. The number of carbonyl (C=O) groups is 3. The molecule has 0 saturated heterocycles. The van der Waals surface area contributed by atoms with Crippen molar-refractivity contribution in [3.05, 3.63) is 74.8 Å². The number of anilines is 1. The molecule has 1 amide bonds. The van der Waals surface area contributed by atoms with E-state index >= 15 is 4.39 Å². The number of nitrogens with zero attached hydrogens (tertiary/aromatic N) is 6. The number of fused-ring (bicyclic) bond motifs is 1. The number of esters is 2. The highest BCUT2D eigenvalue weighted by Crippen LogP contribution is 2.24. The third-order valence-corrected chi connectivity index (χ3v) is 7.58. The van der Waals surface area contributed by atoms with Crippen LogP contribution in [0.5, 0.6) is 0 Å². The molecule has 14 nitrogen and oxygen atoms in total. The van der Waals surface area contributed by atoms with Crippen molar-refractivity contribution in [3.8, 4) is 12.3 Å². The lowest BCUT2D eigenvalue weighted by Crippen LogP contribution is -2.42. The number of hydrogen-bond acceptors (Lipinski definition) is 11. The number of terminal acetylenes is 1. The molecule has 2 aromatic carbocycles. The summed E-state index contributed by atoms with van der Waals surface area (Å²) >= 11 is 0. The van der Waals surface area contributed by atoms with Crippen LogP contribution in [-0.2, 0) is 38.8 Å². The van der Waals surface area contributed by atoms with Gasteiger partial charge in [-0.05, 0) is 82.5 Å². The Morgan fingerprint density at radius 3 is 2.56 bits per heavy atom. The van der Waals surface area contributed by atoms with Crippen molar-refractivity contribution in [1.29, 1.82) is 0 Å². The largest absolute Gasteiger partial charge is 0.467 e. The van der Waals surface area contributed by atoms with Crippen LogP contribution in [0.25, 0.3) is 10.9 Å². The van der Waals surface area contributed by atoms with Crippen LogP contribution in [0.15, 0.2) is 35.1 Å². The van der Waals surface area contributed by atoms with Crippen molar-refractivity contribution in [2.45, 2.75) is 66.8 Å². The number of aromatic nitrogens is 6. The Hall–Kier alpha value is -5.65. The number of hydrogen-bond donors (Lipinski definition) is 2. The van der Waals surface area contributed by atoms with Crippen LogP contribution in [0, 0.1) is 37.4 Å². The average molecular weight is 661 g/mol. The molecule has 2 N–H and O–H groups in total. The number of rotatable bonds is 12. The Bertz CT molecular complexity index is 1930. The number of aromatic amines is 1. The number of halogens is 1. The van der Waals surface area contributed by atoms with Gasteiger partial charge in [-0.2, -0.15) is 5.21 Å². The summed E-state index contributed by atoms with van der Waals surface area (Å²) in [4.78, 5) is 57.4. The van der Waals surface area contributed by atoms with Gasteiger partial charge < -0.3 is 19.7 Å². The molecule has 252 valence electrons. The minimum atomic E-state index is -1.08. The molecule has 0 fully saturated rings. The van der Waals surface area contributed by atoms with Gasteiger partial charge in [0.1, 0.15) is 17.7 Å². The van der Waals surface area contributed by atoms with Crippen LogP contribution < -0.4 is 15.8 Å². The van der Waals surface area contributed by atoms with Crippen LogP contribution in [0.1, 0.15) is 60.3 Å². The SMILES string of the molecule is C#CCN(Cc1cc2c(=O)n(COC(=O)C(C)(C)C)c(C)nc2cc1C)c1ccc(C(=O)N[C@@H](CCc2nn[nH]n2)C(=O)OC)c(F)c1. The zero-order chi connectivity index (χ0) is 35.2. The Labute approximate surface area is 276 Å². The predicted molar refractivity (Wildman–Crippen MR) is 173 cm³/mol. The van der Waals surface area contributed by atoms with Crippen molar-refractivity contribution in [3.63, 3.8) is 0 Å². The lowest BCUT2D eigenvalue weighted by atomic mass is 9.98. The summed E-state index contributed by atoms with van der Waals surface area (Å²) in [5.41, 5.74) is 0.997. The highest BCUT2D eigenvalue weighted by molar-refractivity contribution is 5.97. The number of amides is 1. The fourth-order valence-electron chi connectivity index (χ4n) is 4.82. The fourth-order valence-corrected chi connectivity index (χ4v) is 4.82. The normalized spacial score (nSPS) is 11.9. The molecule has 15 heteroatoms. The fraction of sp³-hybridized carbons (Fsp3) is 0.394. The van der Waals surface area contributed by atoms with Crippen LogP contribution in [0.3, 0.4) is 0 Å². The number of H-pyrrole nitrogens is 1. The van der Waals surface area contributed by atoms with E-state index in [1.165, 1.54) is 23.8 Å². The molecule has 4 aromatic rings. The maximum absolute atomic E-state index is 15.4. The molecule has 0 spiro atoms. The van der Waals surface area contributed by atoms with Crippen molar-refractivity contribution >= 4 is 34.4 Å². The molecule has 0 aliphatic carbocycles. The average Bonchev–Trinajstić information content (AvgIpc) is 3.56. The first-order valence-electron chi connectivity index (χ1n) is 15.0. The second kappa shape index (κ2) is 14.8. The monoisotopic (exact) mass is 660 g/mol. The van der Waals surface area contributed by atoms with Gasteiger partial charge in [0.05, 0.1) is 35.5 Å². The third-order valence-electron chi connectivity index (χ3n) is 7.58. The van der Waals surface area contributed by atoms with Crippen molar-refractivity contribution in [1.82, 2.24) is 35.5 Å².